The molecule has 1 unspecified atom stereocenters. The highest BCUT2D eigenvalue weighted by atomic mass is 19.1. The Morgan fingerprint density at radius 3 is 2.80 bits per heavy atom. The summed E-state index contributed by atoms with van der Waals surface area (Å²) in [5, 5.41) is 6.83. The van der Waals surface area contributed by atoms with Gasteiger partial charge in [-0.1, -0.05) is 12.1 Å². The van der Waals surface area contributed by atoms with Gasteiger partial charge in [0.05, 0.1) is 12.2 Å². The Bertz CT molecular complexity index is 979. The summed E-state index contributed by atoms with van der Waals surface area (Å²) in [6.07, 6.45) is 4.40. The van der Waals surface area contributed by atoms with Crippen LogP contribution in [0.3, 0.4) is 0 Å². The molecule has 0 aliphatic heterocycles. The lowest BCUT2D eigenvalue weighted by atomic mass is 10.2. The summed E-state index contributed by atoms with van der Waals surface area (Å²) in [7, 11) is 0. The van der Waals surface area contributed by atoms with E-state index in [0.29, 0.717) is 17.1 Å². The lowest BCUT2D eigenvalue weighted by molar-refractivity contribution is 0.0938. The van der Waals surface area contributed by atoms with Crippen molar-refractivity contribution in [3.05, 3.63) is 76.0 Å². The van der Waals surface area contributed by atoms with Gasteiger partial charge in [-0.3, -0.25) is 9.59 Å². The van der Waals surface area contributed by atoms with E-state index >= 15 is 0 Å². The van der Waals surface area contributed by atoms with Gasteiger partial charge >= 0.3 is 0 Å². The number of rotatable bonds is 4. The van der Waals surface area contributed by atoms with Crippen molar-refractivity contribution in [3.63, 3.8) is 0 Å². The Labute approximate surface area is 142 Å². The van der Waals surface area contributed by atoms with Crippen molar-refractivity contribution in [2.24, 2.45) is 0 Å². The second kappa shape index (κ2) is 6.68. The molecule has 2 aromatic heterocycles. The van der Waals surface area contributed by atoms with Crippen LogP contribution in [-0.2, 0) is 0 Å². The fourth-order valence-electron chi connectivity index (χ4n) is 2.33. The maximum absolute atomic E-state index is 13.8. The molecule has 0 aliphatic carbocycles. The molecule has 0 bridgehead atoms. The number of H-pyrrole nitrogens is 1. The van der Waals surface area contributed by atoms with Crippen LogP contribution in [0, 0.1) is 12.7 Å². The summed E-state index contributed by atoms with van der Waals surface area (Å²) in [6.45, 7) is 3.37. The molecule has 0 radical (unpaired) electrons. The molecule has 0 saturated carbocycles. The summed E-state index contributed by atoms with van der Waals surface area (Å²) in [6, 6.07) is 5.83. The van der Waals surface area contributed by atoms with Crippen molar-refractivity contribution >= 4 is 5.91 Å². The van der Waals surface area contributed by atoms with Gasteiger partial charge in [0.25, 0.3) is 11.5 Å². The summed E-state index contributed by atoms with van der Waals surface area (Å²) in [4.78, 5) is 30.4. The van der Waals surface area contributed by atoms with Crippen LogP contribution in [-0.4, -0.2) is 25.7 Å². The van der Waals surface area contributed by atoms with E-state index < -0.39 is 23.3 Å². The largest absolute Gasteiger partial charge is 0.345 e. The van der Waals surface area contributed by atoms with Crippen molar-refractivity contribution in [3.8, 4) is 5.69 Å². The standard InChI is InChI=1S/C17H16FN5O2/c1-10(21-16(24)13-8-19-11(2)22-17(13)25)12-7-20-23(9-12)15-6-4-3-5-14(15)18/h3-10H,1-2H3,(H,21,24)(H,19,22,25). The molecule has 1 aromatic carbocycles. The number of nitrogens with one attached hydrogen (secondary N) is 2. The zero-order chi connectivity index (χ0) is 18.0. The Morgan fingerprint density at radius 2 is 2.08 bits per heavy atom. The SMILES string of the molecule is Cc1ncc(C(=O)NC(C)c2cnn(-c3ccccc3F)c2)c(=O)[nH]1. The van der Waals surface area contributed by atoms with Crippen LogP contribution in [0.4, 0.5) is 4.39 Å². The van der Waals surface area contributed by atoms with Gasteiger partial charge in [-0.2, -0.15) is 5.10 Å². The number of para-hydroxylation sites is 1. The van der Waals surface area contributed by atoms with E-state index in [-0.39, 0.29) is 5.56 Å². The lowest BCUT2D eigenvalue weighted by Gasteiger charge is -2.11. The Hall–Kier alpha value is -3.29. The van der Waals surface area contributed by atoms with Gasteiger partial charge in [0.1, 0.15) is 22.9 Å². The first-order valence-corrected chi connectivity index (χ1v) is 7.62. The molecule has 1 atom stereocenters. The second-order valence-electron chi connectivity index (χ2n) is 5.58. The summed E-state index contributed by atoms with van der Waals surface area (Å²) < 4.78 is 15.2. The van der Waals surface area contributed by atoms with E-state index in [0.717, 1.165) is 0 Å². The molecule has 0 fully saturated rings. The van der Waals surface area contributed by atoms with Crippen molar-refractivity contribution < 1.29 is 9.18 Å². The molecule has 7 nitrogen and oxygen atoms in total. The van der Waals surface area contributed by atoms with E-state index in [2.05, 4.69) is 20.4 Å². The smallest absolute Gasteiger partial charge is 0.263 e. The summed E-state index contributed by atoms with van der Waals surface area (Å²) in [5.41, 5.74) is 0.415. The van der Waals surface area contributed by atoms with Gasteiger partial charge in [-0.05, 0) is 26.0 Å². The van der Waals surface area contributed by atoms with Gasteiger partial charge in [0, 0.05) is 18.0 Å². The molecular weight excluding hydrogens is 325 g/mol. The van der Waals surface area contributed by atoms with Crippen molar-refractivity contribution in [2.45, 2.75) is 19.9 Å². The fourth-order valence-corrected chi connectivity index (χ4v) is 2.33. The quantitative estimate of drug-likeness (QED) is 0.758. The highest BCUT2D eigenvalue weighted by Crippen LogP contribution is 2.16. The number of carbonyl (C=O) groups excluding carboxylic acids is 1. The number of amides is 1. The van der Waals surface area contributed by atoms with Gasteiger partial charge in [-0.15, -0.1) is 0 Å². The van der Waals surface area contributed by atoms with E-state index in [1.54, 1.807) is 38.2 Å². The first-order valence-electron chi connectivity index (χ1n) is 7.62. The second-order valence-corrected chi connectivity index (χ2v) is 5.58. The molecule has 3 rings (SSSR count). The predicted octanol–water partition coefficient (Wildman–Crippen LogP) is 1.89. The Kier molecular flexibility index (Phi) is 4.42. The van der Waals surface area contributed by atoms with Gasteiger partial charge < -0.3 is 10.3 Å². The van der Waals surface area contributed by atoms with Gasteiger partial charge in [-0.25, -0.2) is 14.1 Å². The number of aryl methyl sites for hydroxylation is 1. The number of aromatic nitrogens is 4. The van der Waals surface area contributed by atoms with Crippen LogP contribution in [0.25, 0.3) is 5.69 Å². The summed E-state index contributed by atoms with van der Waals surface area (Å²) >= 11 is 0. The molecule has 2 heterocycles. The van der Waals surface area contributed by atoms with Crippen molar-refractivity contribution in [2.75, 3.05) is 0 Å². The molecule has 3 aromatic rings. The minimum atomic E-state index is -0.542. The average Bonchev–Trinajstić information content (AvgIpc) is 3.05. The summed E-state index contributed by atoms with van der Waals surface area (Å²) in [5.74, 6) is -0.508. The normalized spacial score (nSPS) is 12.0. The molecule has 8 heteroatoms. The number of halogens is 1. The van der Waals surface area contributed by atoms with E-state index in [9.17, 15) is 14.0 Å². The zero-order valence-electron chi connectivity index (χ0n) is 13.7. The third-order valence-electron chi connectivity index (χ3n) is 3.72. The van der Waals surface area contributed by atoms with E-state index in [4.69, 9.17) is 0 Å². The number of hydrogen-bond acceptors (Lipinski definition) is 4. The molecule has 0 aliphatic rings. The Balaban J connectivity index is 1.78. The molecule has 0 saturated heterocycles. The maximum Gasteiger partial charge on any atom is 0.263 e. The predicted molar refractivity (Wildman–Crippen MR) is 89.0 cm³/mol. The lowest BCUT2D eigenvalue weighted by Crippen LogP contribution is -2.32. The molecule has 0 spiro atoms. The van der Waals surface area contributed by atoms with Crippen LogP contribution in [0.15, 0.2) is 47.7 Å². The number of nitrogens with zero attached hydrogens (tertiary/aromatic N) is 3. The van der Waals surface area contributed by atoms with Crippen LogP contribution in [0.5, 0.6) is 0 Å². The molecular formula is C17H16FN5O2. The minimum absolute atomic E-state index is 0.0704. The van der Waals surface area contributed by atoms with Crippen molar-refractivity contribution in [1.29, 1.82) is 0 Å². The van der Waals surface area contributed by atoms with E-state index in [1.807, 2.05) is 0 Å². The first-order chi connectivity index (χ1) is 12.0. The van der Waals surface area contributed by atoms with Crippen LogP contribution in [0.1, 0.15) is 34.7 Å². The first kappa shape index (κ1) is 16.6. The fraction of sp³-hybridized carbons (Fsp3) is 0.176. The molecule has 2 N–H and O–H groups in total. The number of aromatic amines is 1. The topological polar surface area (TPSA) is 92.7 Å². The number of hydrogen-bond donors (Lipinski definition) is 2. The monoisotopic (exact) mass is 341 g/mol. The highest BCUT2D eigenvalue weighted by molar-refractivity contribution is 5.93. The zero-order valence-corrected chi connectivity index (χ0v) is 13.7. The van der Waals surface area contributed by atoms with Crippen LogP contribution < -0.4 is 10.9 Å². The third kappa shape index (κ3) is 3.47. The Morgan fingerprint density at radius 1 is 1.32 bits per heavy atom. The van der Waals surface area contributed by atoms with Crippen LogP contribution in [0.2, 0.25) is 0 Å². The molecule has 1 amide bonds. The molecule has 25 heavy (non-hydrogen) atoms. The number of benzene rings is 1. The van der Waals surface area contributed by atoms with Crippen molar-refractivity contribution in [1.82, 2.24) is 25.1 Å². The third-order valence-corrected chi connectivity index (χ3v) is 3.72. The van der Waals surface area contributed by atoms with Gasteiger partial charge in [0.2, 0.25) is 0 Å². The molecule has 128 valence electrons. The van der Waals surface area contributed by atoms with E-state index in [1.165, 1.54) is 23.1 Å². The average molecular weight is 341 g/mol. The van der Waals surface area contributed by atoms with Crippen LogP contribution >= 0.6 is 0 Å². The van der Waals surface area contributed by atoms with Gasteiger partial charge in [0.15, 0.2) is 0 Å². The number of carbonyl (C=O) groups is 1. The highest BCUT2D eigenvalue weighted by Gasteiger charge is 2.17. The minimum Gasteiger partial charge on any atom is -0.345 e. The maximum atomic E-state index is 13.8.